The van der Waals surface area contributed by atoms with E-state index in [-0.39, 0.29) is 11.3 Å². The van der Waals surface area contributed by atoms with Crippen LogP contribution in [-0.2, 0) is 40.0 Å². The van der Waals surface area contributed by atoms with Crippen molar-refractivity contribution in [2.75, 3.05) is 13.2 Å². The molecule has 3 heterocycles. The molecule has 1 saturated carbocycles. The number of allylic oxidation sites excluding steroid dienone is 2. The minimum atomic E-state index is -5.17. The lowest BCUT2D eigenvalue weighted by atomic mass is 9.49. The van der Waals surface area contributed by atoms with Gasteiger partial charge in [-0.15, -0.1) is 0 Å². The van der Waals surface area contributed by atoms with Crippen LogP contribution in [0.1, 0.15) is 65.4 Å². The fourth-order valence-corrected chi connectivity index (χ4v) is 8.79. The molecule has 14 nitrogen and oxygen atoms in total. The van der Waals surface area contributed by atoms with Gasteiger partial charge in [0.2, 0.25) is 0 Å². The summed E-state index contributed by atoms with van der Waals surface area (Å²) in [6.07, 6.45) is -6.66. The van der Waals surface area contributed by atoms with E-state index in [2.05, 4.69) is 27.7 Å². The van der Waals surface area contributed by atoms with Crippen molar-refractivity contribution < 1.29 is 66.1 Å². The molecule has 0 radical (unpaired) electrons. The molecule has 0 bridgehead atoms. The van der Waals surface area contributed by atoms with Gasteiger partial charge < -0.3 is 48.9 Å². The maximum absolute atomic E-state index is 11.9. The molecule has 0 amide bonds. The Hall–Kier alpha value is -1.47. The highest BCUT2D eigenvalue weighted by Gasteiger charge is 2.57. The Morgan fingerprint density at radius 2 is 1.72 bits per heavy atom. The molecule has 15 heteroatoms. The highest BCUT2D eigenvalue weighted by atomic mass is 32.3. The molecule has 1 aromatic rings. The number of aryl methyl sites for hydroxylation is 1. The number of hydrogen-bond acceptors (Lipinski definition) is 13. The van der Waals surface area contributed by atoms with Crippen LogP contribution in [-0.4, -0.2) is 113 Å². The Bertz CT molecular complexity index is 1310. The molecule has 3 fully saturated rings. The summed E-state index contributed by atoms with van der Waals surface area (Å²) in [7, 11) is -5.17. The van der Waals surface area contributed by atoms with Gasteiger partial charge in [-0.3, -0.25) is 4.55 Å². The maximum Gasteiger partial charge on any atom is 0.397 e. The zero-order valence-corrected chi connectivity index (χ0v) is 27.4. The van der Waals surface area contributed by atoms with E-state index in [1.165, 1.54) is 11.1 Å². The van der Waals surface area contributed by atoms with Gasteiger partial charge in [-0.2, -0.15) is 8.42 Å². The predicted octanol–water partition coefficient (Wildman–Crippen LogP) is 1.24. The number of ether oxygens (including phenoxy) is 4. The molecule has 6 N–H and O–H groups in total. The van der Waals surface area contributed by atoms with Crippen LogP contribution in [0, 0.1) is 16.7 Å². The van der Waals surface area contributed by atoms with E-state index in [4.69, 9.17) is 27.5 Å². The van der Waals surface area contributed by atoms with E-state index < -0.39 is 90.4 Å². The molecule has 2 aliphatic heterocycles. The van der Waals surface area contributed by atoms with Gasteiger partial charge in [-0.25, -0.2) is 4.18 Å². The smallest absolute Gasteiger partial charge is 0.397 e. The van der Waals surface area contributed by atoms with E-state index >= 15 is 0 Å². The van der Waals surface area contributed by atoms with E-state index in [0.717, 1.165) is 37.7 Å². The van der Waals surface area contributed by atoms with Crippen LogP contribution in [0.2, 0.25) is 0 Å². The predicted molar refractivity (Wildman–Crippen MR) is 159 cm³/mol. The zero-order valence-electron chi connectivity index (χ0n) is 26.6. The van der Waals surface area contributed by atoms with Crippen molar-refractivity contribution in [2.45, 2.75) is 128 Å². The molecule has 1 aromatic heterocycles. The van der Waals surface area contributed by atoms with Crippen LogP contribution in [0.4, 0.5) is 0 Å². The van der Waals surface area contributed by atoms with Gasteiger partial charge in [-0.05, 0) is 73.8 Å². The molecular weight excluding hydrogens is 628 g/mol. The third-order valence-electron chi connectivity index (χ3n) is 10.8. The van der Waals surface area contributed by atoms with Gasteiger partial charge in [0, 0.05) is 0 Å². The molecule has 262 valence electrons. The van der Waals surface area contributed by atoms with Gasteiger partial charge >= 0.3 is 10.4 Å². The van der Waals surface area contributed by atoms with Crippen LogP contribution < -0.4 is 0 Å². The standard InChI is InChI=1S/C31H48O14S/c1-16-5-8-21-30(2,3)22(9-11-31(21,4)18(16)7-6-17-10-12-40-14-17)43-29-27(44-28-25(36)23(34)19(33)15-41-28)26(45-46(37,38)39)24(35)20(13-32)42-29/h10,12,14,19-29,32-36H,5-9,11,13,15H2,1-4H3,(H,37,38,39)/t19-,20-,21?,22+,23+,24-,25-,26+,27-,28+,29+,31?/m1/s1. The Labute approximate surface area is 269 Å². The molecule has 2 unspecified atom stereocenters. The highest BCUT2D eigenvalue weighted by Crippen LogP contribution is 2.61. The quantitative estimate of drug-likeness (QED) is 0.152. The lowest BCUT2D eigenvalue weighted by Gasteiger charge is -2.58. The average Bonchev–Trinajstić information content (AvgIpc) is 3.50. The summed E-state index contributed by atoms with van der Waals surface area (Å²) in [5.41, 5.74) is 3.40. The van der Waals surface area contributed by atoms with Crippen molar-refractivity contribution >= 4 is 10.4 Å². The SMILES string of the molecule is CC1=C(CCc2ccoc2)C2(C)CC[C@H](O[C@@H]3O[C@H](CO)[C@@H](O)[C@H](OS(=O)(=O)O)[C@H]3O[C@@H]3OC[C@@H](O)[C@H](O)[C@H]3O)C(C)(C)C2CC1. The number of furan rings is 1. The molecule has 2 saturated heterocycles. The molecule has 4 aliphatic rings. The Balaban J connectivity index is 1.41. The van der Waals surface area contributed by atoms with Crippen molar-refractivity contribution in [3.05, 3.63) is 35.3 Å². The van der Waals surface area contributed by atoms with Crippen LogP contribution in [0.3, 0.4) is 0 Å². The normalized spacial score (nSPS) is 41.7. The first-order valence-electron chi connectivity index (χ1n) is 15.8. The summed E-state index contributed by atoms with van der Waals surface area (Å²) in [4.78, 5) is 0. The molecule has 5 rings (SSSR count). The second-order valence-electron chi connectivity index (χ2n) is 13.9. The highest BCUT2D eigenvalue weighted by molar-refractivity contribution is 7.80. The van der Waals surface area contributed by atoms with Gasteiger partial charge in [0.05, 0.1) is 31.8 Å². The third-order valence-corrected chi connectivity index (χ3v) is 11.2. The van der Waals surface area contributed by atoms with Crippen LogP contribution in [0.15, 0.2) is 34.2 Å². The van der Waals surface area contributed by atoms with Crippen molar-refractivity contribution in [1.29, 1.82) is 0 Å². The van der Waals surface area contributed by atoms with Crippen LogP contribution in [0.25, 0.3) is 0 Å². The minimum Gasteiger partial charge on any atom is -0.472 e. The summed E-state index contributed by atoms with van der Waals surface area (Å²) in [6.45, 7) is 7.57. The number of fused-ring (bicyclic) bond motifs is 1. The summed E-state index contributed by atoms with van der Waals surface area (Å²) < 4.78 is 67.2. The Kier molecular flexibility index (Phi) is 10.7. The number of rotatable bonds is 10. The number of aliphatic hydroxyl groups excluding tert-OH is 5. The fraction of sp³-hybridized carbons (Fsp3) is 0.806. The van der Waals surface area contributed by atoms with Crippen molar-refractivity contribution in [1.82, 2.24) is 0 Å². The maximum atomic E-state index is 11.9. The fourth-order valence-electron chi connectivity index (χ4n) is 8.28. The lowest BCUT2D eigenvalue weighted by molar-refractivity contribution is -0.366. The second-order valence-corrected chi connectivity index (χ2v) is 15.0. The van der Waals surface area contributed by atoms with E-state index in [1.807, 2.05) is 6.07 Å². The first-order valence-corrected chi connectivity index (χ1v) is 17.2. The van der Waals surface area contributed by atoms with Gasteiger partial charge in [0.1, 0.15) is 42.7 Å². The summed E-state index contributed by atoms with van der Waals surface area (Å²) in [5.74, 6) is 0.189. The van der Waals surface area contributed by atoms with Gasteiger partial charge in [0.25, 0.3) is 0 Å². The summed E-state index contributed by atoms with van der Waals surface area (Å²) >= 11 is 0. The molecule has 12 atom stereocenters. The van der Waals surface area contributed by atoms with E-state index in [0.29, 0.717) is 6.42 Å². The Morgan fingerprint density at radius 3 is 2.37 bits per heavy atom. The van der Waals surface area contributed by atoms with E-state index in [9.17, 15) is 38.5 Å². The second kappa shape index (κ2) is 13.8. The van der Waals surface area contributed by atoms with Crippen molar-refractivity contribution in [3.8, 4) is 0 Å². The van der Waals surface area contributed by atoms with Crippen molar-refractivity contribution in [2.24, 2.45) is 16.7 Å². The van der Waals surface area contributed by atoms with Gasteiger partial charge in [0.15, 0.2) is 12.6 Å². The largest absolute Gasteiger partial charge is 0.472 e. The molecular formula is C31H48O14S. The number of hydrogen-bond donors (Lipinski definition) is 6. The van der Waals surface area contributed by atoms with Crippen molar-refractivity contribution in [3.63, 3.8) is 0 Å². The van der Waals surface area contributed by atoms with Gasteiger partial charge in [-0.1, -0.05) is 31.9 Å². The minimum absolute atomic E-state index is 0.115. The molecule has 46 heavy (non-hydrogen) atoms. The molecule has 0 aromatic carbocycles. The zero-order chi connectivity index (χ0) is 33.6. The lowest BCUT2D eigenvalue weighted by Crippen LogP contribution is -2.65. The number of aliphatic hydroxyl groups is 5. The topological polar surface area (TPSA) is 215 Å². The monoisotopic (exact) mass is 676 g/mol. The van der Waals surface area contributed by atoms with Crippen LogP contribution >= 0.6 is 0 Å². The van der Waals surface area contributed by atoms with E-state index in [1.54, 1.807) is 12.5 Å². The molecule has 2 aliphatic carbocycles. The van der Waals surface area contributed by atoms with Crippen LogP contribution in [0.5, 0.6) is 0 Å². The average molecular weight is 677 g/mol. The summed E-state index contributed by atoms with van der Waals surface area (Å²) in [5, 5.41) is 51.6. The first kappa shape index (κ1) is 35.8. The third kappa shape index (κ3) is 7.12. The molecule has 0 spiro atoms. The summed E-state index contributed by atoms with van der Waals surface area (Å²) in [6, 6.07) is 1.98. The first-order chi connectivity index (χ1) is 21.6. The Morgan fingerprint density at radius 1 is 0.978 bits per heavy atom.